The molecule has 1 aliphatic heterocycles. The number of carbonyl (C=O) groups is 2. The summed E-state index contributed by atoms with van der Waals surface area (Å²) in [7, 11) is 0. The van der Waals surface area contributed by atoms with E-state index in [9.17, 15) is 9.59 Å². The molecule has 3 aromatic rings. The first-order valence-corrected chi connectivity index (χ1v) is 9.98. The molecule has 0 bridgehead atoms. The maximum atomic E-state index is 13.1. The minimum Gasteiger partial charge on any atom is -0.324 e. The highest BCUT2D eigenvalue weighted by Gasteiger charge is 2.26. The Kier molecular flexibility index (Phi) is 5.63. The van der Waals surface area contributed by atoms with Crippen LogP contribution in [0.1, 0.15) is 17.5 Å². The maximum Gasteiger partial charge on any atom is 0.244 e. The summed E-state index contributed by atoms with van der Waals surface area (Å²) >= 11 is 6.14. The molecule has 0 saturated carbocycles. The second kappa shape index (κ2) is 8.51. The van der Waals surface area contributed by atoms with Crippen LogP contribution < -0.4 is 10.2 Å². The van der Waals surface area contributed by atoms with Crippen LogP contribution >= 0.6 is 11.6 Å². The van der Waals surface area contributed by atoms with E-state index >= 15 is 0 Å². The molecular weight excluding hydrogens is 398 g/mol. The van der Waals surface area contributed by atoms with Crippen LogP contribution in [0.4, 0.5) is 17.1 Å². The van der Waals surface area contributed by atoms with E-state index in [4.69, 9.17) is 16.6 Å². The number of carbonyl (C=O) groups excluding carboxylic acids is 2. The molecule has 1 heterocycles. The Bertz CT molecular complexity index is 1140. The fourth-order valence-electron chi connectivity index (χ4n) is 3.39. The van der Waals surface area contributed by atoms with Crippen molar-refractivity contribution in [3.63, 3.8) is 0 Å². The SMILES string of the molecule is Cc1c(Cl)cccc1NC(=O)CN1C(=O)CC(c2ccccc2)=Nc2ccccc21. The molecule has 0 aliphatic carbocycles. The molecule has 0 fully saturated rings. The highest BCUT2D eigenvalue weighted by molar-refractivity contribution is 6.31. The summed E-state index contributed by atoms with van der Waals surface area (Å²) in [6.07, 6.45) is 0.113. The number of halogens is 1. The molecule has 1 aliphatic rings. The van der Waals surface area contributed by atoms with Gasteiger partial charge < -0.3 is 10.2 Å². The normalized spacial score (nSPS) is 13.3. The number of hydrogen-bond acceptors (Lipinski definition) is 3. The first-order chi connectivity index (χ1) is 14.5. The summed E-state index contributed by atoms with van der Waals surface area (Å²) in [5, 5.41) is 3.43. The van der Waals surface area contributed by atoms with Gasteiger partial charge in [0.15, 0.2) is 0 Å². The van der Waals surface area contributed by atoms with Crippen LogP contribution in [0.25, 0.3) is 0 Å². The third-order valence-corrected chi connectivity index (χ3v) is 5.41. The van der Waals surface area contributed by atoms with Gasteiger partial charge in [-0.15, -0.1) is 0 Å². The van der Waals surface area contributed by atoms with E-state index in [1.807, 2.05) is 61.5 Å². The molecule has 0 spiro atoms. The van der Waals surface area contributed by atoms with Crippen LogP contribution in [0.5, 0.6) is 0 Å². The molecule has 6 heteroatoms. The van der Waals surface area contributed by atoms with E-state index < -0.39 is 0 Å². The Hall–Kier alpha value is -3.44. The smallest absolute Gasteiger partial charge is 0.244 e. The Morgan fingerprint density at radius 3 is 2.57 bits per heavy atom. The van der Waals surface area contributed by atoms with Gasteiger partial charge in [-0.3, -0.25) is 14.6 Å². The van der Waals surface area contributed by atoms with Gasteiger partial charge in [-0.05, 0) is 42.3 Å². The fourth-order valence-corrected chi connectivity index (χ4v) is 3.57. The van der Waals surface area contributed by atoms with Crippen LogP contribution in [-0.4, -0.2) is 24.1 Å². The number of para-hydroxylation sites is 2. The van der Waals surface area contributed by atoms with E-state index in [0.717, 1.165) is 11.1 Å². The van der Waals surface area contributed by atoms with Crippen LogP contribution in [0.15, 0.2) is 77.8 Å². The zero-order valence-corrected chi connectivity index (χ0v) is 17.2. The summed E-state index contributed by atoms with van der Waals surface area (Å²) in [5.74, 6) is -0.479. The molecule has 0 atom stereocenters. The molecule has 2 amide bonds. The van der Waals surface area contributed by atoms with Gasteiger partial charge in [-0.25, -0.2) is 0 Å². The van der Waals surface area contributed by atoms with E-state index in [-0.39, 0.29) is 24.8 Å². The summed E-state index contributed by atoms with van der Waals surface area (Å²) in [6, 6.07) is 22.3. The van der Waals surface area contributed by atoms with Gasteiger partial charge >= 0.3 is 0 Å². The topological polar surface area (TPSA) is 61.8 Å². The van der Waals surface area contributed by atoms with Gasteiger partial charge in [-0.1, -0.05) is 60.1 Å². The van der Waals surface area contributed by atoms with Crippen molar-refractivity contribution in [1.29, 1.82) is 0 Å². The van der Waals surface area contributed by atoms with Gasteiger partial charge in [0.2, 0.25) is 11.8 Å². The molecule has 1 N–H and O–H groups in total. The van der Waals surface area contributed by atoms with Crippen molar-refractivity contribution in [3.8, 4) is 0 Å². The number of hydrogen-bond donors (Lipinski definition) is 1. The second-order valence-corrected chi connectivity index (χ2v) is 7.44. The first kappa shape index (κ1) is 19.9. The number of nitrogens with one attached hydrogen (secondary N) is 1. The van der Waals surface area contributed by atoms with Gasteiger partial charge in [0, 0.05) is 10.7 Å². The zero-order chi connectivity index (χ0) is 21.1. The van der Waals surface area contributed by atoms with Crippen molar-refractivity contribution in [2.45, 2.75) is 13.3 Å². The number of amides is 2. The Balaban J connectivity index is 1.61. The maximum absolute atomic E-state index is 13.1. The fraction of sp³-hybridized carbons (Fsp3) is 0.125. The number of aliphatic imine (C=N–C) groups is 1. The molecule has 0 aromatic heterocycles. The molecule has 150 valence electrons. The van der Waals surface area contributed by atoms with Gasteiger partial charge in [0.25, 0.3) is 0 Å². The molecule has 30 heavy (non-hydrogen) atoms. The largest absolute Gasteiger partial charge is 0.324 e. The lowest BCUT2D eigenvalue weighted by Crippen LogP contribution is -2.38. The van der Waals surface area contributed by atoms with Crippen molar-refractivity contribution in [3.05, 3.63) is 88.9 Å². The third-order valence-electron chi connectivity index (χ3n) is 5.00. The van der Waals surface area contributed by atoms with E-state index in [1.54, 1.807) is 18.2 Å². The summed E-state index contributed by atoms with van der Waals surface area (Å²) in [4.78, 5) is 32.1. The molecule has 0 saturated heterocycles. The summed E-state index contributed by atoms with van der Waals surface area (Å²) in [6.45, 7) is 1.73. The predicted molar refractivity (Wildman–Crippen MR) is 121 cm³/mol. The number of fused-ring (bicyclic) bond motifs is 1. The molecule has 0 radical (unpaired) electrons. The quantitative estimate of drug-likeness (QED) is 0.638. The standard InChI is InChI=1S/C24H20ClN3O2/c1-16-18(25)10-7-12-19(16)27-23(29)15-28-22-13-6-5-11-20(22)26-21(14-24(28)30)17-8-3-2-4-9-17/h2-13H,14-15H2,1H3,(H,27,29). The zero-order valence-electron chi connectivity index (χ0n) is 16.4. The minimum absolute atomic E-state index is 0.112. The monoisotopic (exact) mass is 417 g/mol. The summed E-state index contributed by atoms with van der Waals surface area (Å²) in [5.41, 5.74) is 4.26. The lowest BCUT2D eigenvalue weighted by molar-refractivity contribution is -0.120. The number of benzene rings is 3. The lowest BCUT2D eigenvalue weighted by atomic mass is 10.1. The average molecular weight is 418 g/mol. The van der Waals surface area contributed by atoms with Crippen molar-refractivity contribution >= 4 is 46.2 Å². The van der Waals surface area contributed by atoms with Crippen LogP contribution in [0.3, 0.4) is 0 Å². The Morgan fingerprint density at radius 2 is 1.77 bits per heavy atom. The molecular formula is C24H20ClN3O2. The highest BCUT2D eigenvalue weighted by atomic mass is 35.5. The van der Waals surface area contributed by atoms with E-state index in [2.05, 4.69) is 5.32 Å². The Labute approximate surface area is 180 Å². The first-order valence-electron chi connectivity index (χ1n) is 9.60. The molecule has 3 aromatic carbocycles. The third kappa shape index (κ3) is 4.11. The van der Waals surface area contributed by atoms with E-state index in [1.165, 1.54) is 4.90 Å². The predicted octanol–water partition coefficient (Wildman–Crippen LogP) is 5.14. The number of rotatable bonds is 4. The van der Waals surface area contributed by atoms with Crippen LogP contribution in [0.2, 0.25) is 5.02 Å². The van der Waals surface area contributed by atoms with E-state index in [0.29, 0.717) is 27.8 Å². The molecule has 5 nitrogen and oxygen atoms in total. The molecule has 0 unspecified atom stereocenters. The van der Waals surface area contributed by atoms with Crippen molar-refractivity contribution in [1.82, 2.24) is 0 Å². The van der Waals surface area contributed by atoms with Crippen LogP contribution in [-0.2, 0) is 9.59 Å². The number of nitrogens with zero attached hydrogens (tertiary/aromatic N) is 2. The van der Waals surface area contributed by atoms with Crippen molar-refractivity contribution < 1.29 is 9.59 Å². The Morgan fingerprint density at radius 1 is 1.03 bits per heavy atom. The van der Waals surface area contributed by atoms with Gasteiger partial charge in [-0.2, -0.15) is 0 Å². The minimum atomic E-state index is -0.299. The van der Waals surface area contributed by atoms with Crippen molar-refractivity contribution in [2.75, 3.05) is 16.8 Å². The van der Waals surface area contributed by atoms with Crippen LogP contribution in [0, 0.1) is 6.92 Å². The van der Waals surface area contributed by atoms with Crippen molar-refractivity contribution in [2.24, 2.45) is 4.99 Å². The average Bonchev–Trinajstić information content (AvgIpc) is 2.89. The second-order valence-electron chi connectivity index (χ2n) is 7.03. The van der Waals surface area contributed by atoms with Gasteiger partial charge in [0.05, 0.1) is 23.5 Å². The summed E-state index contributed by atoms with van der Waals surface area (Å²) < 4.78 is 0. The molecule has 4 rings (SSSR count). The van der Waals surface area contributed by atoms with Gasteiger partial charge in [0.1, 0.15) is 6.54 Å². The number of anilines is 2. The lowest BCUT2D eigenvalue weighted by Gasteiger charge is -2.22. The highest BCUT2D eigenvalue weighted by Crippen LogP contribution is 2.33.